The highest BCUT2D eigenvalue weighted by Gasteiger charge is 2.22. The van der Waals surface area contributed by atoms with Crippen LogP contribution in [-0.2, 0) is 0 Å². The first kappa shape index (κ1) is 18.5. The van der Waals surface area contributed by atoms with Crippen molar-refractivity contribution in [1.82, 2.24) is 0 Å². The minimum atomic E-state index is 0.267. The van der Waals surface area contributed by atoms with Gasteiger partial charge in [0.2, 0.25) is 0 Å². The number of amidine groups is 1. The molecule has 0 aliphatic carbocycles. The van der Waals surface area contributed by atoms with Crippen molar-refractivity contribution >= 4 is 29.5 Å². The van der Waals surface area contributed by atoms with Gasteiger partial charge in [-0.1, -0.05) is 18.2 Å². The minimum absolute atomic E-state index is 0.267. The van der Waals surface area contributed by atoms with Crippen LogP contribution < -0.4 is 4.74 Å². The maximum Gasteiger partial charge on any atom is 0.151 e. The number of nitrogens with one attached hydrogen (secondary N) is 1. The third-order valence-electron chi connectivity index (χ3n) is 5.20. The summed E-state index contributed by atoms with van der Waals surface area (Å²) in [6.07, 6.45) is 13.4. The molecule has 1 atom stereocenters. The zero-order valence-electron chi connectivity index (χ0n) is 16.1. The Morgan fingerprint density at radius 1 is 1.14 bits per heavy atom. The highest BCUT2D eigenvalue weighted by atomic mass is 16.5. The molecule has 0 saturated heterocycles. The Bertz CT molecular complexity index is 892. The molecule has 3 aliphatic rings. The standard InChI is InChI=1S/C23H26N4O/c24-19-6-1-2-12-26-22-10-9-17-11-13-25-16-21(23(17)27-22)18-5-3-8-20(15-18)28-14-4-7-19/h3,5,8-10,12,15-17,24H,1-2,4,6-7,11,13-14H2. The molecule has 4 rings (SSSR count). The number of nitrogens with zero attached hydrogens (tertiary/aromatic N) is 3. The summed E-state index contributed by atoms with van der Waals surface area (Å²) < 4.78 is 5.95. The highest BCUT2D eigenvalue weighted by Crippen LogP contribution is 2.33. The normalized spacial score (nSPS) is 22.9. The van der Waals surface area contributed by atoms with E-state index in [4.69, 9.17) is 15.1 Å². The fourth-order valence-electron chi connectivity index (χ4n) is 3.68. The number of ether oxygens (including phenoxy) is 1. The fraction of sp³-hybridized carbons (Fsp3) is 0.391. The number of dihydropyridines is 1. The van der Waals surface area contributed by atoms with E-state index in [2.05, 4.69) is 28.2 Å². The third-order valence-corrected chi connectivity index (χ3v) is 5.20. The molecule has 1 N–H and O–H groups in total. The Kier molecular flexibility index (Phi) is 5.90. The second-order valence-electron chi connectivity index (χ2n) is 7.35. The van der Waals surface area contributed by atoms with Gasteiger partial charge in [0.05, 0.1) is 12.3 Å². The van der Waals surface area contributed by atoms with Crippen molar-refractivity contribution in [3.05, 3.63) is 47.7 Å². The molecule has 0 spiro atoms. The van der Waals surface area contributed by atoms with Crippen LogP contribution in [0.1, 0.15) is 44.1 Å². The maximum atomic E-state index is 8.09. The predicted molar refractivity (Wildman–Crippen MR) is 116 cm³/mol. The van der Waals surface area contributed by atoms with E-state index in [1.807, 2.05) is 30.6 Å². The van der Waals surface area contributed by atoms with Crippen LogP contribution in [0.4, 0.5) is 0 Å². The number of fused-ring (bicyclic) bond motifs is 3. The van der Waals surface area contributed by atoms with Crippen molar-refractivity contribution in [1.29, 1.82) is 5.41 Å². The third kappa shape index (κ3) is 4.53. The predicted octanol–water partition coefficient (Wildman–Crippen LogP) is 4.89. The second-order valence-corrected chi connectivity index (χ2v) is 7.35. The van der Waals surface area contributed by atoms with Crippen LogP contribution in [-0.4, -0.2) is 37.1 Å². The monoisotopic (exact) mass is 374 g/mol. The quantitative estimate of drug-likeness (QED) is 0.690. The van der Waals surface area contributed by atoms with E-state index in [1.165, 1.54) is 0 Å². The van der Waals surface area contributed by atoms with E-state index < -0.39 is 0 Å². The molecule has 28 heavy (non-hydrogen) atoms. The number of allylic oxidation sites excluding steroid dienone is 2. The molecule has 144 valence electrons. The highest BCUT2D eigenvalue weighted by molar-refractivity contribution is 6.13. The molecule has 0 radical (unpaired) electrons. The molecular weight excluding hydrogens is 348 g/mol. The summed E-state index contributed by atoms with van der Waals surface area (Å²) in [7, 11) is 0. The van der Waals surface area contributed by atoms with Gasteiger partial charge >= 0.3 is 0 Å². The summed E-state index contributed by atoms with van der Waals surface area (Å²) >= 11 is 0. The molecule has 0 amide bonds. The van der Waals surface area contributed by atoms with Gasteiger partial charge < -0.3 is 10.1 Å². The first-order chi connectivity index (χ1) is 13.8. The van der Waals surface area contributed by atoms with Crippen LogP contribution in [0.5, 0.6) is 5.75 Å². The van der Waals surface area contributed by atoms with Crippen LogP contribution >= 0.6 is 0 Å². The number of benzene rings is 1. The van der Waals surface area contributed by atoms with Gasteiger partial charge in [0.25, 0.3) is 0 Å². The van der Waals surface area contributed by atoms with E-state index in [9.17, 15) is 0 Å². The van der Waals surface area contributed by atoms with Crippen LogP contribution in [0, 0.1) is 11.3 Å². The average Bonchev–Trinajstić information content (AvgIpc) is 2.93. The van der Waals surface area contributed by atoms with Gasteiger partial charge in [-0.15, -0.1) is 0 Å². The Hall–Kier alpha value is -2.82. The maximum absolute atomic E-state index is 8.09. The molecule has 1 aromatic carbocycles. The summed E-state index contributed by atoms with van der Waals surface area (Å²) in [4.78, 5) is 14.0. The summed E-state index contributed by atoms with van der Waals surface area (Å²) in [5.74, 6) is 1.86. The van der Waals surface area contributed by atoms with Gasteiger partial charge in [0.1, 0.15) is 5.75 Å². The van der Waals surface area contributed by atoms with Crippen molar-refractivity contribution < 1.29 is 4.74 Å². The minimum Gasteiger partial charge on any atom is -0.494 e. The average molecular weight is 374 g/mol. The largest absolute Gasteiger partial charge is 0.494 e. The molecule has 0 aromatic heterocycles. The Morgan fingerprint density at radius 2 is 2.07 bits per heavy atom. The Balaban J connectivity index is 1.72. The fourth-order valence-corrected chi connectivity index (χ4v) is 3.68. The smallest absolute Gasteiger partial charge is 0.151 e. The summed E-state index contributed by atoms with van der Waals surface area (Å²) in [6.45, 7) is 1.43. The molecule has 3 aliphatic heterocycles. The number of rotatable bonds is 0. The molecule has 1 aromatic rings. The second kappa shape index (κ2) is 8.91. The first-order valence-electron chi connectivity index (χ1n) is 10.1. The SMILES string of the molecule is N=C1CCCC=NC2=NC3=C(C=NCCC3C=C2)c2cccc(c2)OCCC1. The van der Waals surface area contributed by atoms with Crippen LogP contribution in [0.2, 0.25) is 0 Å². The van der Waals surface area contributed by atoms with E-state index in [0.717, 1.165) is 79.2 Å². The van der Waals surface area contributed by atoms with Gasteiger partial charge in [-0.2, -0.15) is 0 Å². The van der Waals surface area contributed by atoms with Gasteiger partial charge in [-0.3, -0.25) is 4.99 Å². The number of hydrogen-bond acceptors (Lipinski definition) is 5. The zero-order valence-corrected chi connectivity index (χ0v) is 16.1. The molecule has 0 fully saturated rings. The summed E-state index contributed by atoms with van der Waals surface area (Å²) in [5, 5.41) is 8.09. The van der Waals surface area contributed by atoms with Gasteiger partial charge in [-0.25, -0.2) is 9.98 Å². The van der Waals surface area contributed by atoms with Crippen LogP contribution in [0.25, 0.3) is 5.57 Å². The molecule has 4 bridgehead atoms. The Labute approximate surface area is 166 Å². The van der Waals surface area contributed by atoms with E-state index >= 15 is 0 Å². The van der Waals surface area contributed by atoms with Crippen molar-refractivity contribution in [3.63, 3.8) is 0 Å². The van der Waals surface area contributed by atoms with Crippen LogP contribution in [0.15, 0.2) is 57.1 Å². The lowest BCUT2D eigenvalue weighted by Gasteiger charge is -2.18. The van der Waals surface area contributed by atoms with E-state index in [1.54, 1.807) is 0 Å². The summed E-state index contributed by atoms with van der Waals surface area (Å²) in [6, 6.07) is 8.16. The zero-order chi connectivity index (χ0) is 19.2. The van der Waals surface area contributed by atoms with Crippen molar-refractivity contribution in [2.45, 2.75) is 38.5 Å². The van der Waals surface area contributed by atoms with Crippen LogP contribution in [0.3, 0.4) is 0 Å². The molecule has 5 nitrogen and oxygen atoms in total. The number of aliphatic imine (C=N–C) groups is 3. The van der Waals surface area contributed by atoms with Crippen molar-refractivity contribution in [3.8, 4) is 5.75 Å². The first-order valence-corrected chi connectivity index (χ1v) is 10.1. The van der Waals surface area contributed by atoms with Gasteiger partial charge in [0, 0.05) is 36.2 Å². The summed E-state index contributed by atoms with van der Waals surface area (Å²) in [5.41, 5.74) is 3.95. The Morgan fingerprint density at radius 3 is 3.04 bits per heavy atom. The lowest BCUT2D eigenvalue weighted by atomic mass is 9.93. The molecule has 1 unspecified atom stereocenters. The topological polar surface area (TPSA) is 70.2 Å². The molecular formula is C23H26N4O. The van der Waals surface area contributed by atoms with Gasteiger partial charge in [0.15, 0.2) is 5.84 Å². The van der Waals surface area contributed by atoms with E-state index in [-0.39, 0.29) is 5.92 Å². The molecule has 5 heteroatoms. The molecule has 3 heterocycles. The van der Waals surface area contributed by atoms with E-state index in [0.29, 0.717) is 6.61 Å². The lowest BCUT2D eigenvalue weighted by Crippen LogP contribution is -2.10. The lowest BCUT2D eigenvalue weighted by molar-refractivity contribution is 0.313. The molecule has 0 saturated carbocycles. The number of hydrogen-bond donors (Lipinski definition) is 1. The van der Waals surface area contributed by atoms with Gasteiger partial charge in [-0.05, 0) is 62.3 Å². The van der Waals surface area contributed by atoms with Crippen molar-refractivity contribution in [2.24, 2.45) is 20.9 Å². The van der Waals surface area contributed by atoms with Crippen molar-refractivity contribution in [2.75, 3.05) is 13.2 Å².